The van der Waals surface area contributed by atoms with Crippen molar-refractivity contribution in [1.82, 2.24) is 0 Å². The van der Waals surface area contributed by atoms with Crippen LogP contribution in [0.25, 0.3) is 0 Å². The highest BCUT2D eigenvalue weighted by Crippen LogP contribution is 2.20. The molecule has 0 aromatic heterocycles. The monoisotopic (exact) mass is 138 g/mol. The molecule has 1 rings (SSSR count). The third-order valence-corrected chi connectivity index (χ3v) is 2.41. The van der Waals surface area contributed by atoms with Gasteiger partial charge in [0.25, 0.3) is 0 Å². The van der Waals surface area contributed by atoms with Crippen molar-refractivity contribution in [2.45, 2.75) is 39.5 Å². The highest BCUT2D eigenvalue weighted by Gasteiger charge is 2.06. The summed E-state index contributed by atoms with van der Waals surface area (Å²) < 4.78 is 0. The van der Waals surface area contributed by atoms with Crippen LogP contribution in [0.2, 0.25) is 0 Å². The summed E-state index contributed by atoms with van der Waals surface area (Å²) in [4.78, 5) is 0. The van der Waals surface area contributed by atoms with Crippen LogP contribution < -0.4 is 0 Å². The maximum atomic E-state index is 2.37. The number of allylic oxidation sites excluding steroid dienone is 2. The molecule has 0 aliphatic heterocycles. The Balaban J connectivity index is 2.38. The first-order valence-electron chi connectivity index (χ1n) is 4.45. The van der Waals surface area contributed by atoms with Crippen molar-refractivity contribution in [3.05, 3.63) is 12.2 Å². The molecule has 0 saturated carbocycles. The Morgan fingerprint density at radius 2 is 1.90 bits per heavy atom. The highest BCUT2D eigenvalue weighted by atomic mass is 14.1. The summed E-state index contributed by atoms with van der Waals surface area (Å²) in [5.74, 6) is 1.77. The SMILES string of the molecule is CC1CC/C=C/[C@H](C)CC1. The first-order valence-corrected chi connectivity index (χ1v) is 4.45. The van der Waals surface area contributed by atoms with Gasteiger partial charge in [0.05, 0.1) is 0 Å². The highest BCUT2D eigenvalue weighted by molar-refractivity contribution is 4.88. The summed E-state index contributed by atoms with van der Waals surface area (Å²) in [7, 11) is 0. The van der Waals surface area contributed by atoms with Gasteiger partial charge in [-0.2, -0.15) is 0 Å². The van der Waals surface area contributed by atoms with Gasteiger partial charge >= 0.3 is 0 Å². The molecule has 1 aliphatic carbocycles. The van der Waals surface area contributed by atoms with E-state index < -0.39 is 0 Å². The molecule has 0 fully saturated rings. The largest absolute Gasteiger partial charge is 0.0883 e. The van der Waals surface area contributed by atoms with Gasteiger partial charge in [0.15, 0.2) is 0 Å². The Morgan fingerprint density at radius 1 is 1.10 bits per heavy atom. The minimum Gasteiger partial charge on any atom is -0.0883 e. The van der Waals surface area contributed by atoms with Crippen molar-refractivity contribution in [2.24, 2.45) is 11.8 Å². The van der Waals surface area contributed by atoms with Gasteiger partial charge in [-0.25, -0.2) is 0 Å². The van der Waals surface area contributed by atoms with E-state index in [2.05, 4.69) is 26.0 Å². The molecule has 58 valence electrons. The van der Waals surface area contributed by atoms with Crippen molar-refractivity contribution in [1.29, 1.82) is 0 Å². The Hall–Kier alpha value is -0.260. The van der Waals surface area contributed by atoms with E-state index in [-0.39, 0.29) is 0 Å². The Labute approximate surface area is 64.3 Å². The van der Waals surface area contributed by atoms with Crippen LogP contribution in [-0.2, 0) is 0 Å². The van der Waals surface area contributed by atoms with Crippen LogP contribution in [0.15, 0.2) is 12.2 Å². The standard InChI is InChI=1S/C10H18/c1-9-5-3-4-6-10(2)8-7-9/h3,5,9-10H,4,6-8H2,1-2H3/b5-3+/t9-,10?/m0/s1. The van der Waals surface area contributed by atoms with Crippen molar-refractivity contribution >= 4 is 0 Å². The third-order valence-electron chi connectivity index (χ3n) is 2.41. The summed E-state index contributed by atoms with van der Waals surface area (Å²) in [5, 5.41) is 0. The van der Waals surface area contributed by atoms with Crippen LogP contribution in [0.5, 0.6) is 0 Å². The summed E-state index contributed by atoms with van der Waals surface area (Å²) in [5.41, 5.74) is 0. The van der Waals surface area contributed by atoms with E-state index in [1.807, 2.05) is 0 Å². The molecule has 10 heavy (non-hydrogen) atoms. The van der Waals surface area contributed by atoms with Gasteiger partial charge in [-0.15, -0.1) is 0 Å². The minimum atomic E-state index is 0.822. The summed E-state index contributed by atoms with van der Waals surface area (Å²) in [6, 6.07) is 0. The Bertz CT molecular complexity index is 113. The van der Waals surface area contributed by atoms with E-state index in [4.69, 9.17) is 0 Å². The molecule has 0 radical (unpaired) electrons. The van der Waals surface area contributed by atoms with Gasteiger partial charge in [0, 0.05) is 0 Å². The summed E-state index contributed by atoms with van der Waals surface area (Å²) in [6.07, 6.45) is 10.2. The minimum absolute atomic E-state index is 0.822. The fraction of sp³-hybridized carbons (Fsp3) is 0.800. The fourth-order valence-electron chi connectivity index (χ4n) is 1.50. The van der Waals surface area contributed by atoms with Gasteiger partial charge < -0.3 is 0 Å². The predicted octanol–water partition coefficient (Wildman–Crippen LogP) is 3.39. The molecule has 0 amide bonds. The molecule has 0 N–H and O–H groups in total. The molecular formula is C10H18. The van der Waals surface area contributed by atoms with Gasteiger partial charge in [0.2, 0.25) is 0 Å². The van der Waals surface area contributed by atoms with Gasteiger partial charge in [0.1, 0.15) is 0 Å². The summed E-state index contributed by atoms with van der Waals surface area (Å²) in [6.45, 7) is 4.68. The van der Waals surface area contributed by atoms with Crippen LogP contribution in [-0.4, -0.2) is 0 Å². The van der Waals surface area contributed by atoms with E-state index in [9.17, 15) is 0 Å². The normalized spacial score (nSPS) is 38.2. The van der Waals surface area contributed by atoms with Crippen LogP contribution in [0.1, 0.15) is 39.5 Å². The van der Waals surface area contributed by atoms with Gasteiger partial charge in [-0.1, -0.05) is 32.4 Å². The van der Waals surface area contributed by atoms with Crippen LogP contribution >= 0.6 is 0 Å². The molecule has 2 atom stereocenters. The smallest absolute Gasteiger partial charge is 0.0262 e. The zero-order valence-corrected chi connectivity index (χ0v) is 7.14. The van der Waals surface area contributed by atoms with Crippen molar-refractivity contribution in [3.63, 3.8) is 0 Å². The maximum Gasteiger partial charge on any atom is -0.0262 e. The summed E-state index contributed by atoms with van der Waals surface area (Å²) >= 11 is 0. The first-order chi connectivity index (χ1) is 4.79. The maximum absolute atomic E-state index is 2.37. The van der Waals surface area contributed by atoms with Crippen LogP contribution in [0.3, 0.4) is 0 Å². The topological polar surface area (TPSA) is 0 Å². The number of hydrogen-bond acceptors (Lipinski definition) is 0. The lowest BCUT2D eigenvalue weighted by Gasteiger charge is -2.15. The average Bonchev–Trinajstić information content (AvgIpc) is 1.90. The van der Waals surface area contributed by atoms with Crippen LogP contribution in [0.4, 0.5) is 0 Å². The third kappa shape index (κ3) is 2.55. The molecule has 1 unspecified atom stereocenters. The zero-order valence-electron chi connectivity index (χ0n) is 7.14. The Morgan fingerprint density at radius 3 is 2.70 bits per heavy atom. The lowest BCUT2D eigenvalue weighted by Crippen LogP contribution is -2.00. The van der Waals surface area contributed by atoms with Crippen LogP contribution in [0, 0.1) is 11.8 Å². The predicted molar refractivity (Wildman–Crippen MR) is 45.9 cm³/mol. The molecule has 0 saturated heterocycles. The van der Waals surface area contributed by atoms with E-state index in [1.165, 1.54) is 25.7 Å². The molecule has 0 bridgehead atoms. The van der Waals surface area contributed by atoms with Gasteiger partial charge in [-0.05, 0) is 31.1 Å². The molecule has 0 heterocycles. The molecule has 0 nitrogen and oxygen atoms in total. The molecule has 0 aromatic rings. The van der Waals surface area contributed by atoms with E-state index in [1.54, 1.807) is 0 Å². The lowest BCUT2D eigenvalue weighted by molar-refractivity contribution is 0.436. The molecule has 1 aliphatic rings. The molecule has 0 spiro atoms. The second-order valence-corrected chi connectivity index (χ2v) is 3.67. The Kier molecular flexibility index (Phi) is 2.98. The van der Waals surface area contributed by atoms with Crippen molar-refractivity contribution in [2.75, 3.05) is 0 Å². The number of hydrogen-bond donors (Lipinski definition) is 0. The fourth-order valence-corrected chi connectivity index (χ4v) is 1.50. The van der Waals surface area contributed by atoms with Crippen molar-refractivity contribution in [3.8, 4) is 0 Å². The molecule has 0 aromatic carbocycles. The lowest BCUT2D eigenvalue weighted by atomic mass is 9.91. The average molecular weight is 138 g/mol. The van der Waals surface area contributed by atoms with Crippen molar-refractivity contribution < 1.29 is 0 Å². The molecular weight excluding hydrogens is 120 g/mol. The van der Waals surface area contributed by atoms with E-state index in [0.29, 0.717) is 0 Å². The quantitative estimate of drug-likeness (QED) is 0.450. The first kappa shape index (κ1) is 7.84. The zero-order chi connectivity index (χ0) is 7.40. The van der Waals surface area contributed by atoms with E-state index in [0.717, 1.165) is 11.8 Å². The second kappa shape index (κ2) is 3.80. The van der Waals surface area contributed by atoms with Gasteiger partial charge in [-0.3, -0.25) is 0 Å². The number of rotatable bonds is 0. The second-order valence-electron chi connectivity index (χ2n) is 3.67. The van der Waals surface area contributed by atoms with E-state index >= 15 is 0 Å². The molecule has 0 heteroatoms.